The number of benzene rings is 2. The highest BCUT2D eigenvalue weighted by atomic mass is 79.9. The minimum absolute atomic E-state index is 0.00361. The van der Waals surface area contributed by atoms with Crippen molar-refractivity contribution in [2.45, 2.75) is 6.42 Å². The quantitative estimate of drug-likeness (QED) is 0.682. The molecule has 0 amide bonds. The molecule has 0 bridgehead atoms. The molecule has 2 N–H and O–H groups in total. The van der Waals surface area contributed by atoms with Gasteiger partial charge in [0.25, 0.3) is 0 Å². The summed E-state index contributed by atoms with van der Waals surface area (Å²) in [6.07, 6.45) is 0.321. The van der Waals surface area contributed by atoms with Crippen LogP contribution in [0.15, 0.2) is 46.9 Å². The second-order valence-corrected chi connectivity index (χ2v) is 5.26. The number of Topliss-reactive ketones (excluding diaryl/α,β-unsaturated/α-hetero) is 1. The minimum atomic E-state index is -0.00361. The smallest absolute Gasteiger partial charge is 0.167 e. The van der Waals surface area contributed by atoms with Crippen molar-refractivity contribution < 1.29 is 4.79 Å². The van der Waals surface area contributed by atoms with Gasteiger partial charge in [-0.1, -0.05) is 45.7 Å². The van der Waals surface area contributed by atoms with Gasteiger partial charge in [0, 0.05) is 27.2 Å². The van der Waals surface area contributed by atoms with Gasteiger partial charge in [-0.3, -0.25) is 4.79 Å². The first-order chi connectivity index (χ1) is 8.56. The van der Waals surface area contributed by atoms with Crippen LogP contribution < -0.4 is 5.73 Å². The molecule has 0 saturated carbocycles. The van der Waals surface area contributed by atoms with Gasteiger partial charge in [0.15, 0.2) is 5.78 Å². The van der Waals surface area contributed by atoms with E-state index < -0.39 is 0 Å². The van der Waals surface area contributed by atoms with E-state index >= 15 is 0 Å². The molecule has 18 heavy (non-hydrogen) atoms. The molecular formula is C14H11BrClNO. The first-order valence-corrected chi connectivity index (χ1v) is 6.56. The summed E-state index contributed by atoms with van der Waals surface area (Å²) in [6.45, 7) is 0. The van der Waals surface area contributed by atoms with Crippen LogP contribution in [-0.2, 0) is 6.42 Å². The monoisotopic (exact) mass is 323 g/mol. The number of ketones is 1. The highest BCUT2D eigenvalue weighted by Gasteiger charge is 2.10. The van der Waals surface area contributed by atoms with Crippen LogP contribution in [0.2, 0.25) is 5.02 Å². The van der Waals surface area contributed by atoms with Gasteiger partial charge in [0.1, 0.15) is 0 Å². The Kier molecular flexibility index (Phi) is 4.04. The van der Waals surface area contributed by atoms with Crippen LogP contribution in [0.4, 0.5) is 5.69 Å². The van der Waals surface area contributed by atoms with Gasteiger partial charge >= 0.3 is 0 Å². The highest BCUT2D eigenvalue weighted by molar-refractivity contribution is 9.10. The van der Waals surface area contributed by atoms with Crippen molar-refractivity contribution in [3.8, 4) is 0 Å². The molecule has 0 spiro atoms. The van der Waals surface area contributed by atoms with Crippen LogP contribution >= 0.6 is 27.5 Å². The van der Waals surface area contributed by atoms with Crippen LogP contribution in [0, 0.1) is 0 Å². The molecule has 2 rings (SSSR count). The topological polar surface area (TPSA) is 43.1 Å². The van der Waals surface area contributed by atoms with E-state index in [1.54, 1.807) is 18.2 Å². The number of nitrogens with two attached hydrogens (primary N) is 1. The van der Waals surface area contributed by atoms with Crippen LogP contribution in [0.25, 0.3) is 0 Å². The molecule has 2 aromatic rings. The van der Waals surface area contributed by atoms with E-state index in [0.29, 0.717) is 22.7 Å². The van der Waals surface area contributed by atoms with Crippen molar-refractivity contribution in [1.82, 2.24) is 0 Å². The van der Waals surface area contributed by atoms with Crippen LogP contribution in [-0.4, -0.2) is 5.78 Å². The maximum absolute atomic E-state index is 12.1. The van der Waals surface area contributed by atoms with Crippen molar-refractivity contribution in [2.75, 3.05) is 5.73 Å². The Hall–Kier alpha value is -1.32. The predicted octanol–water partition coefficient (Wildman–Crippen LogP) is 4.11. The lowest BCUT2D eigenvalue weighted by atomic mass is 10.0. The van der Waals surface area contributed by atoms with E-state index in [1.165, 1.54) is 0 Å². The maximum Gasteiger partial charge on any atom is 0.167 e. The largest absolute Gasteiger partial charge is 0.399 e. The van der Waals surface area contributed by atoms with Gasteiger partial charge in [0.05, 0.1) is 0 Å². The number of carbonyl (C=O) groups is 1. The second-order valence-electron chi connectivity index (χ2n) is 3.96. The number of halogens is 2. The summed E-state index contributed by atoms with van der Waals surface area (Å²) < 4.78 is 0.924. The lowest BCUT2D eigenvalue weighted by molar-refractivity contribution is 0.0993. The van der Waals surface area contributed by atoms with Crippen molar-refractivity contribution in [2.24, 2.45) is 0 Å². The number of carbonyl (C=O) groups excluding carboxylic acids is 1. The molecule has 4 heteroatoms. The minimum Gasteiger partial charge on any atom is -0.399 e. The number of hydrogen-bond donors (Lipinski definition) is 1. The van der Waals surface area contributed by atoms with Crippen molar-refractivity contribution in [3.05, 3.63) is 63.1 Å². The number of rotatable bonds is 3. The van der Waals surface area contributed by atoms with Gasteiger partial charge in [-0.05, 0) is 29.8 Å². The number of anilines is 1. The summed E-state index contributed by atoms with van der Waals surface area (Å²) in [5.74, 6) is -0.00361. The summed E-state index contributed by atoms with van der Waals surface area (Å²) >= 11 is 9.31. The highest BCUT2D eigenvalue weighted by Crippen LogP contribution is 2.21. The lowest BCUT2D eigenvalue weighted by Gasteiger charge is -2.05. The fourth-order valence-electron chi connectivity index (χ4n) is 1.69. The van der Waals surface area contributed by atoms with Gasteiger partial charge in [-0.2, -0.15) is 0 Å². The molecule has 0 unspecified atom stereocenters. The molecular weight excluding hydrogens is 314 g/mol. The van der Waals surface area contributed by atoms with Gasteiger partial charge in [-0.15, -0.1) is 0 Å². The lowest BCUT2D eigenvalue weighted by Crippen LogP contribution is -2.05. The molecule has 2 nitrogen and oxygen atoms in total. The van der Waals surface area contributed by atoms with E-state index in [9.17, 15) is 4.79 Å². The molecule has 92 valence electrons. The Morgan fingerprint density at radius 1 is 1.22 bits per heavy atom. The SMILES string of the molecule is Nc1cc(Cl)cc(C(=O)Cc2ccccc2Br)c1. The molecule has 0 aliphatic rings. The third kappa shape index (κ3) is 3.12. The summed E-state index contributed by atoms with van der Waals surface area (Å²) in [7, 11) is 0. The van der Waals surface area contributed by atoms with Crippen molar-refractivity contribution >= 4 is 39.0 Å². The summed E-state index contributed by atoms with van der Waals surface area (Å²) in [4.78, 5) is 12.1. The third-order valence-electron chi connectivity index (χ3n) is 2.55. The van der Waals surface area contributed by atoms with E-state index in [0.717, 1.165) is 10.0 Å². The average Bonchev–Trinajstić information content (AvgIpc) is 2.31. The zero-order valence-electron chi connectivity index (χ0n) is 9.49. The second kappa shape index (κ2) is 5.55. The Morgan fingerprint density at radius 3 is 2.61 bits per heavy atom. The average molecular weight is 325 g/mol. The van der Waals surface area contributed by atoms with Crippen LogP contribution in [0.3, 0.4) is 0 Å². The van der Waals surface area contributed by atoms with Gasteiger partial charge < -0.3 is 5.73 Å². The molecule has 0 aliphatic carbocycles. The van der Waals surface area contributed by atoms with Crippen LogP contribution in [0.1, 0.15) is 15.9 Å². The summed E-state index contributed by atoms with van der Waals surface area (Å²) in [5.41, 5.74) is 7.66. The number of nitrogen functional groups attached to an aromatic ring is 1. The Morgan fingerprint density at radius 2 is 1.94 bits per heavy atom. The van der Waals surface area contributed by atoms with E-state index in [-0.39, 0.29) is 5.78 Å². The van der Waals surface area contributed by atoms with E-state index in [4.69, 9.17) is 17.3 Å². The number of hydrogen-bond acceptors (Lipinski definition) is 2. The normalized spacial score (nSPS) is 10.3. The molecule has 0 saturated heterocycles. The first kappa shape index (κ1) is 13.1. The first-order valence-electron chi connectivity index (χ1n) is 5.39. The fourth-order valence-corrected chi connectivity index (χ4v) is 2.36. The third-order valence-corrected chi connectivity index (χ3v) is 3.54. The fraction of sp³-hybridized carbons (Fsp3) is 0.0714. The predicted molar refractivity (Wildman–Crippen MR) is 78.0 cm³/mol. The molecule has 0 aliphatic heterocycles. The van der Waals surface area contributed by atoms with E-state index in [2.05, 4.69) is 15.9 Å². The molecule has 0 heterocycles. The zero-order chi connectivity index (χ0) is 13.1. The Bertz CT molecular complexity index is 578. The molecule has 0 atom stereocenters. The van der Waals surface area contributed by atoms with Gasteiger partial charge in [-0.25, -0.2) is 0 Å². The van der Waals surface area contributed by atoms with Crippen LogP contribution in [0.5, 0.6) is 0 Å². The van der Waals surface area contributed by atoms with E-state index in [1.807, 2.05) is 24.3 Å². The van der Waals surface area contributed by atoms with Gasteiger partial charge in [0.2, 0.25) is 0 Å². The molecule has 0 aromatic heterocycles. The summed E-state index contributed by atoms with van der Waals surface area (Å²) in [5, 5.41) is 0.477. The Labute approximate surface area is 119 Å². The molecule has 0 radical (unpaired) electrons. The molecule has 2 aromatic carbocycles. The zero-order valence-corrected chi connectivity index (χ0v) is 11.8. The Balaban J connectivity index is 2.25. The summed E-state index contributed by atoms with van der Waals surface area (Å²) in [6, 6.07) is 12.5. The standard InChI is InChI=1S/C14H11BrClNO/c15-13-4-2-1-3-9(13)7-14(18)10-5-11(16)8-12(17)6-10/h1-6,8H,7,17H2. The van der Waals surface area contributed by atoms with Crippen molar-refractivity contribution in [3.63, 3.8) is 0 Å². The van der Waals surface area contributed by atoms with Crippen molar-refractivity contribution in [1.29, 1.82) is 0 Å². The maximum atomic E-state index is 12.1. The molecule has 0 fully saturated rings.